The van der Waals surface area contributed by atoms with E-state index >= 15 is 0 Å². The molecule has 9 nitrogen and oxygen atoms in total. The Balaban J connectivity index is 0.000000302. The smallest absolute Gasteiger partial charge is 0.227 e. The highest BCUT2D eigenvalue weighted by Crippen LogP contribution is 2.55. The molecule has 2 atom stereocenters. The van der Waals surface area contributed by atoms with Gasteiger partial charge in [0.05, 0.1) is 12.1 Å². The summed E-state index contributed by atoms with van der Waals surface area (Å²) in [4.78, 5) is 35.4. The molecule has 0 radical (unpaired) electrons. The first-order chi connectivity index (χ1) is 14.1. The minimum atomic E-state index is -0.0188. The zero-order valence-electron chi connectivity index (χ0n) is 17.7. The molecule has 4 rings (SSSR count). The molecular weight excluding hydrogens is 386 g/mol. The van der Waals surface area contributed by atoms with Crippen LogP contribution in [0.5, 0.6) is 0 Å². The molecule has 3 aliphatic rings. The van der Waals surface area contributed by atoms with Gasteiger partial charge in [0.1, 0.15) is 5.82 Å². The third kappa shape index (κ3) is 6.29. The van der Waals surface area contributed by atoms with E-state index in [4.69, 9.17) is 0 Å². The SMILES string of the molecule is CC1CC2(CC2)CN1C(=O)C(CNC=O)CC1CCCC1.O.O=CNc1ccn[nH]1. The van der Waals surface area contributed by atoms with Gasteiger partial charge in [-0.15, -0.1) is 0 Å². The maximum Gasteiger partial charge on any atom is 0.227 e. The Morgan fingerprint density at radius 2 is 2.07 bits per heavy atom. The molecule has 2 unspecified atom stereocenters. The van der Waals surface area contributed by atoms with Gasteiger partial charge in [-0.2, -0.15) is 5.10 Å². The third-order valence-corrected chi connectivity index (χ3v) is 6.61. The predicted octanol–water partition coefficient (Wildman–Crippen LogP) is 1.48. The summed E-state index contributed by atoms with van der Waals surface area (Å²) < 4.78 is 0. The van der Waals surface area contributed by atoms with Gasteiger partial charge < -0.3 is 21.0 Å². The molecule has 0 aromatic carbocycles. The molecule has 2 heterocycles. The lowest BCUT2D eigenvalue weighted by molar-refractivity contribution is -0.136. The first kappa shape index (κ1) is 23.9. The number of aromatic nitrogens is 2. The van der Waals surface area contributed by atoms with Crippen molar-refractivity contribution < 1.29 is 19.9 Å². The quantitative estimate of drug-likeness (QED) is 0.547. The molecule has 9 heteroatoms. The minimum Gasteiger partial charge on any atom is -0.412 e. The Hall–Kier alpha value is -2.42. The molecule has 168 valence electrons. The highest BCUT2D eigenvalue weighted by atomic mass is 16.2. The van der Waals surface area contributed by atoms with E-state index in [1.807, 2.05) is 0 Å². The lowest BCUT2D eigenvalue weighted by Gasteiger charge is -2.28. The number of hydrogen-bond acceptors (Lipinski definition) is 4. The van der Waals surface area contributed by atoms with Crippen molar-refractivity contribution in [2.75, 3.05) is 18.4 Å². The van der Waals surface area contributed by atoms with Gasteiger partial charge in [-0.3, -0.25) is 19.5 Å². The second-order valence-electron chi connectivity index (χ2n) is 8.86. The van der Waals surface area contributed by atoms with E-state index in [2.05, 4.69) is 32.7 Å². The number of anilines is 1. The molecule has 1 spiro atoms. The predicted molar refractivity (Wildman–Crippen MR) is 113 cm³/mol. The Labute approximate surface area is 177 Å². The maximum atomic E-state index is 12.9. The fourth-order valence-corrected chi connectivity index (χ4v) is 4.90. The fourth-order valence-electron chi connectivity index (χ4n) is 4.90. The largest absolute Gasteiger partial charge is 0.412 e. The fraction of sp³-hybridized carbons (Fsp3) is 0.714. The summed E-state index contributed by atoms with van der Waals surface area (Å²) in [5.41, 5.74) is 0.463. The number of rotatable bonds is 8. The van der Waals surface area contributed by atoms with Crippen molar-refractivity contribution in [2.45, 2.75) is 64.3 Å². The van der Waals surface area contributed by atoms with Crippen LogP contribution in [0, 0.1) is 17.3 Å². The molecule has 1 aromatic rings. The monoisotopic (exact) mass is 421 g/mol. The van der Waals surface area contributed by atoms with Crippen LogP contribution in [0.25, 0.3) is 0 Å². The van der Waals surface area contributed by atoms with E-state index in [1.54, 1.807) is 12.3 Å². The number of amides is 3. The number of aromatic amines is 1. The molecule has 3 fully saturated rings. The number of nitrogens with zero attached hydrogens (tertiary/aromatic N) is 2. The lowest BCUT2D eigenvalue weighted by Crippen LogP contribution is -2.42. The van der Waals surface area contributed by atoms with E-state index < -0.39 is 0 Å². The number of carbonyl (C=O) groups is 3. The molecule has 5 N–H and O–H groups in total. The highest BCUT2D eigenvalue weighted by Gasteiger charge is 2.52. The first-order valence-corrected chi connectivity index (χ1v) is 10.7. The van der Waals surface area contributed by atoms with Crippen molar-refractivity contribution in [3.63, 3.8) is 0 Å². The number of likely N-dealkylation sites (tertiary alicyclic amines) is 1. The average Bonchev–Trinajstić information content (AvgIpc) is 3.12. The summed E-state index contributed by atoms with van der Waals surface area (Å²) in [6.45, 7) is 3.65. The number of hydrogen-bond donors (Lipinski definition) is 3. The minimum absolute atomic E-state index is 0. The van der Waals surface area contributed by atoms with Crippen LogP contribution in [0.2, 0.25) is 0 Å². The van der Waals surface area contributed by atoms with Crippen LogP contribution in [0.15, 0.2) is 12.3 Å². The summed E-state index contributed by atoms with van der Waals surface area (Å²) in [5, 5.41) is 11.3. The third-order valence-electron chi connectivity index (χ3n) is 6.61. The van der Waals surface area contributed by atoms with Gasteiger partial charge in [0.15, 0.2) is 0 Å². The van der Waals surface area contributed by atoms with Crippen LogP contribution in [0.4, 0.5) is 5.82 Å². The van der Waals surface area contributed by atoms with Crippen LogP contribution in [0.1, 0.15) is 58.3 Å². The molecule has 1 aromatic heterocycles. The Bertz CT molecular complexity index is 671. The van der Waals surface area contributed by atoms with Crippen molar-refractivity contribution in [3.8, 4) is 0 Å². The summed E-state index contributed by atoms with van der Waals surface area (Å²) in [6.07, 6.45) is 12.7. The van der Waals surface area contributed by atoms with Crippen LogP contribution in [-0.4, -0.2) is 58.4 Å². The molecule has 3 amide bonds. The Morgan fingerprint density at radius 1 is 1.33 bits per heavy atom. The molecule has 0 bridgehead atoms. The number of H-pyrrole nitrogens is 1. The number of nitrogens with one attached hydrogen (secondary N) is 3. The standard InChI is InChI=1S/C17H28N2O2.C4H5N3O.H2O/c1-13-9-17(6-7-17)11-19(13)16(21)15(10-18-12-20)8-14-4-2-3-5-14;8-3-5-4-1-2-6-7-4;/h12-15H,2-11H2,1H3,(H,18,20);1-3H,(H2,5,6,7,8);1H2. The van der Waals surface area contributed by atoms with Gasteiger partial charge in [-0.25, -0.2) is 0 Å². The van der Waals surface area contributed by atoms with Crippen molar-refractivity contribution in [3.05, 3.63) is 12.3 Å². The maximum absolute atomic E-state index is 12.9. The lowest BCUT2D eigenvalue weighted by atomic mass is 9.92. The molecule has 1 aliphatic heterocycles. The topological polar surface area (TPSA) is 139 Å². The van der Waals surface area contributed by atoms with Crippen molar-refractivity contribution in [2.24, 2.45) is 17.3 Å². The summed E-state index contributed by atoms with van der Waals surface area (Å²) in [7, 11) is 0. The van der Waals surface area contributed by atoms with E-state index in [0.717, 1.165) is 19.4 Å². The van der Waals surface area contributed by atoms with Gasteiger partial charge in [-0.1, -0.05) is 25.7 Å². The van der Waals surface area contributed by atoms with Gasteiger partial charge in [0, 0.05) is 25.2 Å². The van der Waals surface area contributed by atoms with E-state index in [9.17, 15) is 14.4 Å². The summed E-state index contributed by atoms with van der Waals surface area (Å²) in [5.74, 6) is 1.56. The summed E-state index contributed by atoms with van der Waals surface area (Å²) >= 11 is 0. The molecule has 1 saturated heterocycles. The van der Waals surface area contributed by atoms with E-state index in [-0.39, 0.29) is 17.3 Å². The van der Waals surface area contributed by atoms with Gasteiger partial charge in [-0.05, 0) is 43.9 Å². The Kier molecular flexibility index (Phi) is 8.83. The van der Waals surface area contributed by atoms with Crippen LogP contribution < -0.4 is 10.6 Å². The van der Waals surface area contributed by atoms with Crippen molar-refractivity contribution in [1.29, 1.82) is 0 Å². The van der Waals surface area contributed by atoms with Crippen molar-refractivity contribution in [1.82, 2.24) is 20.4 Å². The van der Waals surface area contributed by atoms with Gasteiger partial charge in [0.25, 0.3) is 0 Å². The average molecular weight is 422 g/mol. The molecule has 30 heavy (non-hydrogen) atoms. The van der Waals surface area contributed by atoms with Gasteiger partial charge >= 0.3 is 0 Å². The van der Waals surface area contributed by atoms with Gasteiger partial charge in [0.2, 0.25) is 18.7 Å². The molecule has 2 aliphatic carbocycles. The van der Waals surface area contributed by atoms with E-state index in [0.29, 0.717) is 36.1 Å². The first-order valence-electron chi connectivity index (χ1n) is 10.7. The van der Waals surface area contributed by atoms with Crippen molar-refractivity contribution >= 4 is 24.5 Å². The van der Waals surface area contributed by atoms with Crippen LogP contribution >= 0.6 is 0 Å². The summed E-state index contributed by atoms with van der Waals surface area (Å²) in [6, 6.07) is 2.04. The second-order valence-corrected chi connectivity index (χ2v) is 8.86. The normalized spacial score (nSPS) is 22.4. The van der Waals surface area contributed by atoms with Crippen LogP contribution in [0.3, 0.4) is 0 Å². The zero-order chi connectivity index (χ0) is 20.7. The van der Waals surface area contributed by atoms with E-state index in [1.165, 1.54) is 44.9 Å². The second kappa shape index (κ2) is 11.1. The number of carbonyl (C=O) groups excluding carboxylic acids is 3. The highest BCUT2D eigenvalue weighted by molar-refractivity contribution is 5.80. The molecule has 2 saturated carbocycles. The zero-order valence-corrected chi connectivity index (χ0v) is 17.7. The Morgan fingerprint density at radius 3 is 2.60 bits per heavy atom. The van der Waals surface area contributed by atoms with Crippen LogP contribution in [-0.2, 0) is 14.4 Å². The molecular formula is C21H35N5O4.